The third-order valence-corrected chi connectivity index (χ3v) is 4.98. The van der Waals surface area contributed by atoms with Gasteiger partial charge in [-0.2, -0.15) is 0 Å². The Bertz CT molecular complexity index is 709. The smallest absolute Gasteiger partial charge is 0.251 e. The maximum atomic E-state index is 12.1. The van der Waals surface area contributed by atoms with E-state index < -0.39 is 0 Å². The topological polar surface area (TPSA) is 59.0 Å². The van der Waals surface area contributed by atoms with E-state index >= 15 is 0 Å². The van der Waals surface area contributed by atoms with Crippen molar-refractivity contribution >= 4 is 5.91 Å². The number of nitrogens with zero attached hydrogens (tertiary/aromatic N) is 2. The maximum absolute atomic E-state index is 12.1. The molecule has 0 bridgehead atoms. The number of rotatable bonds is 7. The van der Waals surface area contributed by atoms with Crippen molar-refractivity contribution in [2.75, 3.05) is 6.54 Å². The molecule has 3 rings (SSSR count). The zero-order valence-corrected chi connectivity index (χ0v) is 15.2. The molecule has 0 spiro atoms. The van der Waals surface area contributed by atoms with Crippen molar-refractivity contribution in [1.82, 2.24) is 20.2 Å². The van der Waals surface area contributed by atoms with Gasteiger partial charge < -0.3 is 15.2 Å². The summed E-state index contributed by atoms with van der Waals surface area (Å²) >= 11 is 0. The van der Waals surface area contributed by atoms with E-state index in [9.17, 15) is 4.79 Å². The highest BCUT2D eigenvalue weighted by atomic mass is 16.1. The van der Waals surface area contributed by atoms with Crippen LogP contribution in [0.15, 0.2) is 36.7 Å². The summed E-state index contributed by atoms with van der Waals surface area (Å²) in [5.74, 6) is 1.75. The molecule has 1 amide bonds. The Hall–Kier alpha value is -2.14. The summed E-state index contributed by atoms with van der Waals surface area (Å²) in [6, 6.07) is 8.42. The molecule has 1 fully saturated rings. The van der Waals surface area contributed by atoms with E-state index in [0.717, 1.165) is 37.1 Å². The Balaban J connectivity index is 1.52. The summed E-state index contributed by atoms with van der Waals surface area (Å²) in [6.45, 7) is 3.57. The van der Waals surface area contributed by atoms with Crippen LogP contribution in [-0.2, 0) is 13.6 Å². The number of aryl methyl sites for hydroxylation is 1. The Morgan fingerprint density at radius 2 is 2.24 bits per heavy atom. The first-order valence-electron chi connectivity index (χ1n) is 9.25. The van der Waals surface area contributed by atoms with Gasteiger partial charge in [0, 0.05) is 50.1 Å². The molecule has 0 radical (unpaired) electrons. The number of nitrogens with one attached hydrogen (secondary N) is 2. The van der Waals surface area contributed by atoms with Crippen molar-refractivity contribution in [3.05, 3.63) is 53.6 Å². The average molecular weight is 340 g/mol. The molecule has 1 heterocycles. The molecule has 1 aromatic heterocycles. The largest absolute Gasteiger partial charge is 0.352 e. The zero-order valence-electron chi connectivity index (χ0n) is 15.2. The van der Waals surface area contributed by atoms with Gasteiger partial charge in [0.05, 0.1) is 0 Å². The van der Waals surface area contributed by atoms with E-state index in [-0.39, 0.29) is 5.91 Å². The van der Waals surface area contributed by atoms with Crippen molar-refractivity contribution in [2.45, 2.75) is 51.1 Å². The second kappa shape index (κ2) is 8.30. The van der Waals surface area contributed by atoms with Gasteiger partial charge >= 0.3 is 0 Å². The molecule has 0 unspecified atom stereocenters. The fraction of sp³-hybridized carbons (Fsp3) is 0.500. The molecule has 1 aliphatic carbocycles. The number of hydrogen-bond acceptors (Lipinski definition) is 3. The van der Waals surface area contributed by atoms with Gasteiger partial charge in [0.15, 0.2) is 0 Å². The molecule has 0 saturated heterocycles. The second-order valence-electron chi connectivity index (χ2n) is 6.94. The lowest BCUT2D eigenvalue weighted by Crippen LogP contribution is -2.27. The second-order valence-corrected chi connectivity index (χ2v) is 6.94. The lowest BCUT2D eigenvalue weighted by Gasteiger charge is -2.14. The normalized spacial score (nSPS) is 19.9. The summed E-state index contributed by atoms with van der Waals surface area (Å²) in [5, 5.41) is 6.58. The monoisotopic (exact) mass is 340 g/mol. The molecule has 2 aromatic rings. The molecule has 25 heavy (non-hydrogen) atoms. The maximum Gasteiger partial charge on any atom is 0.251 e. The summed E-state index contributed by atoms with van der Waals surface area (Å²) in [4.78, 5) is 16.6. The molecular formula is C20H28N4O. The summed E-state index contributed by atoms with van der Waals surface area (Å²) in [5.41, 5.74) is 1.90. The van der Waals surface area contributed by atoms with Gasteiger partial charge in [-0.25, -0.2) is 4.98 Å². The third kappa shape index (κ3) is 4.48. The SMILES string of the molecule is CCCNC(=O)c1cccc(CN[C@H]2CC[C@H](c3nccn3C)C2)c1. The van der Waals surface area contributed by atoms with E-state index in [2.05, 4.69) is 40.2 Å². The zero-order chi connectivity index (χ0) is 17.6. The van der Waals surface area contributed by atoms with Crippen LogP contribution >= 0.6 is 0 Å². The van der Waals surface area contributed by atoms with Crippen molar-refractivity contribution < 1.29 is 4.79 Å². The minimum atomic E-state index is 0.0133. The Labute approximate surface area is 149 Å². The van der Waals surface area contributed by atoms with Crippen molar-refractivity contribution in [2.24, 2.45) is 7.05 Å². The van der Waals surface area contributed by atoms with Gasteiger partial charge in [-0.1, -0.05) is 19.1 Å². The molecule has 134 valence electrons. The van der Waals surface area contributed by atoms with Gasteiger partial charge in [-0.05, 0) is 43.4 Å². The van der Waals surface area contributed by atoms with E-state index in [1.807, 2.05) is 30.6 Å². The van der Waals surface area contributed by atoms with Gasteiger partial charge in [-0.15, -0.1) is 0 Å². The van der Waals surface area contributed by atoms with Crippen LogP contribution < -0.4 is 10.6 Å². The van der Waals surface area contributed by atoms with Crippen LogP contribution in [0, 0.1) is 0 Å². The molecule has 1 aromatic carbocycles. The number of hydrogen-bond donors (Lipinski definition) is 2. The third-order valence-electron chi connectivity index (χ3n) is 4.98. The van der Waals surface area contributed by atoms with Crippen LogP contribution in [0.2, 0.25) is 0 Å². The molecule has 2 atom stereocenters. The number of aromatic nitrogens is 2. The number of benzene rings is 1. The van der Waals surface area contributed by atoms with E-state index in [4.69, 9.17) is 0 Å². The lowest BCUT2D eigenvalue weighted by molar-refractivity contribution is 0.0953. The van der Waals surface area contributed by atoms with Crippen LogP contribution in [0.1, 0.15) is 60.3 Å². The number of amides is 1. The lowest BCUT2D eigenvalue weighted by atomic mass is 10.1. The highest BCUT2D eigenvalue weighted by Gasteiger charge is 2.27. The van der Waals surface area contributed by atoms with Crippen LogP contribution in [0.3, 0.4) is 0 Å². The van der Waals surface area contributed by atoms with E-state index in [1.165, 1.54) is 18.7 Å². The summed E-state index contributed by atoms with van der Waals surface area (Å²) < 4.78 is 2.13. The van der Waals surface area contributed by atoms with Crippen LogP contribution in [-0.4, -0.2) is 28.0 Å². The first-order chi connectivity index (χ1) is 12.2. The molecule has 5 nitrogen and oxygen atoms in total. The number of carbonyl (C=O) groups excluding carboxylic acids is 1. The minimum Gasteiger partial charge on any atom is -0.352 e. The van der Waals surface area contributed by atoms with E-state index in [1.54, 1.807) is 0 Å². The summed E-state index contributed by atoms with van der Waals surface area (Å²) in [6.07, 6.45) is 8.33. The molecule has 0 aliphatic heterocycles. The molecular weight excluding hydrogens is 312 g/mol. The van der Waals surface area contributed by atoms with Crippen LogP contribution in [0.5, 0.6) is 0 Å². The van der Waals surface area contributed by atoms with Gasteiger partial charge in [-0.3, -0.25) is 4.79 Å². The molecule has 1 saturated carbocycles. The standard InChI is InChI=1S/C20H28N4O/c1-3-9-22-20(25)17-6-4-5-15(12-17)14-23-18-8-7-16(13-18)19-21-10-11-24(19)2/h4-6,10-12,16,18,23H,3,7-9,13-14H2,1-2H3,(H,22,25)/t16-,18-/m0/s1. The number of carbonyl (C=O) groups is 1. The molecule has 2 N–H and O–H groups in total. The van der Waals surface area contributed by atoms with Gasteiger partial charge in [0.25, 0.3) is 5.91 Å². The first-order valence-corrected chi connectivity index (χ1v) is 9.25. The average Bonchev–Trinajstić information content (AvgIpc) is 3.26. The predicted molar refractivity (Wildman–Crippen MR) is 99.5 cm³/mol. The Morgan fingerprint density at radius 1 is 1.36 bits per heavy atom. The van der Waals surface area contributed by atoms with Gasteiger partial charge in [0.1, 0.15) is 5.82 Å². The van der Waals surface area contributed by atoms with E-state index in [0.29, 0.717) is 12.0 Å². The van der Waals surface area contributed by atoms with Crippen molar-refractivity contribution in [3.8, 4) is 0 Å². The van der Waals surface area contributed by atoms with Crippen LogP contribution in [0.25, 0.3) is 0 Å². The molecule has 5 heteroatoms. The van der Waals surface area contributed by atoms with Crippen LogP contribution in [0.4, 0.5) is 0 Å². The number of imidazole rings is 1. The molecule has 1 aliphatic rings. The summed E-state index contributed by atoms with van der Waals surface area (Å²) in [7, 11) is 2.07. The first kappa shape index (κ1) is 17.7. The van der Waals surface area contributed by atoms with Crippen molar-refractivity contribution in [3.63, 3.8) is 0 Å². The highest BCUT2D eigenvalue weighted by Crippen LogP contribution is 2.33. The fourth-order valence-corrected chi connectivity index (χ4v) is 3.60. The Morgan fingerprint density at radius 3 is 3.00 bits per heavy atom. The minimum absolute atomic E-state index is 0.0133. The highest BCUT2D eigenvalue weighted by molar-refractivity contribution is 5.94. The Kier molecular flexibility index (Phi) is 5.87. The predicted octanol–water partition coefficient (Wildman–Crippen LogP) is 2.99. The van der Waals surface area contributed by atoms with Gasteiger partial charge in [0.2, 0.25) is 0 Å². The quantitative estimate of drug-likeness (QED) is 0.815. The van der Waals surface area contributed by atoms with Crippen molar-refractivity contribution in [1.29, 1.82) is 0 Å². The fourth-order valence-electron chi connectivity index (χ4n) is 3.60.